The highest BCUT2D eigenvalue weighted by Gasteiger charge is 2.18. The molecule has 0 radical (unpaired) electrons. The largest absolute Gasteiger partial charge is 0.497 e. The summed E-state index contributed by atoms with van der Waals surface area (Å²) in [5.74, 6) is 0.540. The normalized spacial score (nSPS) is 10.6. The fraction of sp³-hybridized carbons (Fsp3) is 0.167. The van der Waals surface area contributed by atoms with Gasteiger partial charge in [-0.3, -0.25) is 9.59 Å². The lowest BCUT2D eigenvalue weighted by molar-refractivity contribution is -0.114. The van der Waals surface area contributed by atoms with Crippen LogP contribution in [0.2, 0.25) is 0 Å². The number of ether oxygens (including phenoxy) is 1. The van der Waals surface area contributed by atoms with Crippen LogP contribution in [0.4, 0.5) is 11.4 Å². The van der Waals surface area contributed by atoms with E-state index in [4.69, 9.17) is 4.74 Å². The van der Waals surface area contributed by atoms with Crippen molar-refractivity contribution in [3.05, 3.63) is 89.5 Å². The van der Waals surface area contributed by atoms with Crippen LogP contribution in [0.15, 0.2) is 72.8 Å². The monoisotopic (exact) mass is 544 g/mol. The summed E-state index contributed by atoms with van der Waals surface area (Å²) in [4.78, 5) is 23.3. The van der Waals surface area contributed by atoms with Gasteiger partial charge >= 0.3 is 0 Å². The van der Waals surface area contributed by atoms with Gasteiger partial charge in [-0.1, -0.05) is 68.3 Å². The minimum atomic E-state index is -0.0989. The van der Waals surface area contributed by atoms with Crippen molar-refractivity contribution >= 4 is 55.0 Å². The van der Waals surface area contributed by atoms with E-state index in [-0.39, 0.29) is 28.4 Å². The Morgan fingerprint density at radius 1 is 0.774 bits per heavy atom. The van der Waals surface area contributed by atoms with Gasteiger partial charge in [-0.2, -0.15) is 0 Å². The van der Waals surface area contributed by atoms with Crippen molar-refractivity contribution in [2.45, 2.75) is 5.92 Å². The summed E-state index contributed by atoms with van der Waals surface area (Å²) in [6.07, 6.45) is 0. The first kappa shape index (κ1) is 23.0. The molecule has 2 N–H and O–H groups in total. The molecule has 0 unspecified atom stereocenters. The number of nitrogens with one attached hydrogen (secondary N) is 2. The standard InChI is InChI=1S/C24H22Br2N2O3/c1-31-21-4-2-3-18(13-21)24(16-5-9-19(10-6-16)27-22(29)14-25)17-7-11-20(12-8-17)28-23(30)15-26/h2-13,24H,14-15H2,1H3,(H,27,29)(H,28,30). The molecule has 0 bridgehead atoms. The third-order valence-electron chi connectivity index (χ3n) is 4.73. The molecule has 0 atom stereocenters. The van der Waals surface area contributed by atoms with Crippen molar-refractivity contribution in [3.8, 4) is 5.75 Å². The van der Waals surface area contributed by atoms with Gasteiger partial charge in [0.1, 0.15) is 5.75 Å². The highest BCUT2D eigenvalue weighted by molar-refractivity contribution is 9.09. The number of amides is 2. The maximum Gasteiger partial charge on any atom is 0.235 e. The Morgan fingerprint density at radius 3 is 1.68 bits per heavy atom. The summed E-state index contributed by atoms with van der Waals surface area (Å²) in [5, 5.41) is 6.17. The lowest BCUT2D eigenvalue weighted by Crippen LogP contribution is -2.13. The number of alkyl halides is 2. The maximum atomic E-state index is 11.6. The Labute approximate surface area is 198 Å². The van der Waals surface area contributed by atoms with E-state index in [2.05, 4.69) is 48.6 Å². The number of halogens is 2. The van der Waals surface area contributed by atoms with Crippen molar-refractivity contribution in [1.82, 2.24) is 0 Å². The van der Waals surface area contributed by atoms with Crippen LogP contribution in [0.1, 0.15) is 22.6 Å². The molecule has 3 aromatic carbocycles. The molecule has 0 aliphatic rings. The first-order valence-electron chi connectivity index (χ1n) is 9.59. The second-order valence-corrected chi connectivity index (χ2v) is 7.94. The number of hydrogen-bond acceptors (Lipinski definition) is 3. The van der Waals surface area contributed by atoms with Crippen LogP contribution in [0.25, 0.3) is 0 Å². The van der Waals surface area contributed by atoms with Gasteiger partial charge in [0, 0.05) is 17.3 Å². The molecule has 0 aliphatic carbocycles. The SMILES string of the molecule is COc1cccc(C(c2ccc(NC(=O)CBr)cc2)c2ccc(NC(=O)CBr)cc2)c1. The quantitative estimate of drug-likeness (QED) is 0.288. The molecular formula is C24H22Br2N2O3. The van der Waals surface area contributed by atoms with E-state index in [9.17, 15) is 9.59 Å². The average Bonchev–Trinajstić information content (AvgIpc) is 2.81. The number of rotatable bonds is 8. The third kappa shape index (κ3) is 6.18. The molecule has 0 saturated carbocycles. The predicted molar refractivity (Wildman–Crippen MR) is 132 cm³/mol. The van der Waals surface area contributed by atoms with Gasteiger partial charge < -0.3 is 15.4 Å². The van der Waals surface area contributed by atoms with Crippen LogP contribution in [0, 0.1) is 0 Å². The minimum absolute atomic E-state index is 0.0445. The van der Waals surface area contributed by atoms with Gasteiger partial charge in [0.2, 0.25) is 11.8 Å². The predicted octanol–water partition coefficient (Wildman–Crippen LogP) is 5.54. The van der Waals surface area contributed by atoms with Crippen molar-refractivity contribution in [1.29, 1.82) is 0 Å². The van der Waals surface area contributed by atoms with Gasteiger partial charge in [0.25, 0.3) is 0 Å². The summed E-state index contributed by atoms with van der Waals surface area (Å²) < 4.78 is 5.42. The van der Waals surface area contributed by atoms with Crippen LogP contribution < -0.4 is 15.4 Å². The zero-order valence-corrected chi connectivity index (χ0v) is 20.1. The smallest absolute Gasteiger partial charge is 0.235 e. The molecule has 0 heterocycles. The van der Waals surface area contributed by atoms with Crippen molar-refractivity contribution in [3.63, 3.8) is 0 Å². The van der Waals surface area contributed by atoms with Gasteiger partial charge in [-0.25, -0.2) is 0 Å². The van der Waals surface area contributed by atoms with E-state index in [1.165, 1.54) is 0 Å². The number of carbonyl (C=O) groups is 2. The van der Waals surface area contributed by atoms with Gasteiger partial charge in [-0.15, -0.1) is 0 Å². The number of methoxy groups -OCH3 is 1. The summed E-state index contributed by atoms with van der Waals surface area (Å²) in [6.45, 7) is 0. The Hall–Kier alpha value is -2.64. The summed E-state index contributed by atoms with van der Waals surface area (Å²) in [5.41, 5.74) is 4.70. The molecule has 2 amide bonds. The van der Waals surface area contributed by atoms with Crippen LogP contribution in [-0.4, -0.2) is 29.6 Å². The molecule has 7 heteroatoms. The first-order valence-corrected chi connectivity index (χ1v) is 11.8. The van der Waals surface area contributed by atoms with Crippen LogP contribution in [0.5, 0.6) is 5.75 Å². The Morgan fingerprint density at radius 2 is 1.26 bits per heavy atom. The summed E-state index contributed by atoms with van der Waals surface area (Å²) in [6, 6.07) is 23.6. The van der Waals surface area contributed by atoms with E-state index in [1.807, 2.05) is 66.7 Å². The highest BCUT2D eigenvalue weighted by atomic mass is 79.9. The van der Waals surface area contributed by atoms with E-state index in [0.717, 1.165) is 33.8 Å². The Balaban J connectivity index is 1.97. The van der Waals surface area contributed by atoms with Crippen molar-refractivity contribution < 1.29 is 14.3 Å². The molecule has 0 spiro atoms. The van der Waals surface area contributed by atoms with E-state index in [1.54, 1.807) is 7.11 Å². The van der Waals surface area contributed by atoms with Gasteiger partial charge in [0.05, 0.1) is 17.8 Å². The zero-order chi connectivity index (χ0) is 22.2. The topological polar surface area (TPSA) is 67.4 Å². The van der Waals surface area contributed by atoms with Crippen molar-refractivity contribution in [2.24, 2.45) is 0 Å². The molecule has 5 nitrogen and oxygen atoms in total. The number of hydrogen-bond donors (Lipinski definition) is 2. The second-order valence-electron chi connectivity index (χ2n) is 6.82. The van der Waals surface area contributed by atoms with E-state index >= 15 is 0 Å². The average molecular weight is 546 g/mol. The molecule has 3 rings (SSSR count). The van der Waals surface area contributed by atoms with Crippen LogP contribution in [0.3, 0.4) is 0 Å². The molecule has 160 valence electrons. The Bertz CT molecular complexity index is 976. The molecule has 0 fully saturated rings. The number of benzene rings is 3. The molecule has 0 aromatic heterocycles. The third-order valence-corrected chi connectivity index (χ3v) is 5.74. The lowest BCUT2D eigenvalue weighted by Gasteiger charge is -2.20. The highest BCUT2D eigenvalue weighted by Crippen LogP contribution is 2.34. The zero-order valence-electron chi connectivity index (χ0n) is 16.9. The van der Waals surface area contributed by atoms with Crippen molar-refractivity contribution in [2.75, 3.05) is 28.4 Å². The van der Waals surface area contributed by atoms with Gasteiger partial charge in [0.15, 0.2) is 0 Å². The molecular weight excluding hydrogens is 524 g/mol. The second kappa shape index (κ2) is 11.1. The molecule has 3 aromatic rings. The summed E-state index contributed by atoms with van der Waals surface area (Å²) in [7, 11) is 1.65. The fourth-order valence-electron chi connectivity index (χ4n) is 3.31. The lowest BCUT2D eigenvalue weighted by atomic mass is 9.85. The molecule has 0 saturated heterocycles. The van der Waals surface area contributed by atoms with Crippen LogP contribution in [-0.2, 0) is 9.59 Å². The molecule has 0 aliphatic heterocycles. The van der Waals surface area contributed by atoms with E-state index in [0.29, 0.717) is 0 Å². The molecule has 31 heavy (non-hydrogen) atoms. The Kier molecular flexibility index (Phi) is 8.26. The number of carbonyl (C=O) groups excluding carboxylic acids is 2. The van der Waals surface area contributed by atoms with Gasteiger partial charge in [-0.05, 0) is 53.1 Å². The minimum Gasteiger partial charge on any atom is -0.497 e. The van der Waals surface area contributed by atoms with Crippen LogP contribution >= 0.6 is 31.9 Å². The fourth-order valence-corrected chi connectivity index (χ4v) is 3.59. The summed E-state index contributed by atoms with van der Waals surface area (Å²) >= 11 is 6.31. The van der Waals surface area contributed by atoms with E-state index < -0.39 is 0 Å². The maximum absolute atomic E-state index is 11.6. The number of anilines is 2. The first-order chi connectivity index (χ1) is 15.0.